The molecule has 0 N–H and O–H groups in total. The van der Waals surface area contributed by atoms with E-state index in [0.717, 1.165) is 16.8 Å². The molecule has 5 rings (SSSR count). The van der Waals surface area contributed by atoms with Gasteiger partial charge in [-0.2, -0.15) is 0 Å². The number of benzene rings is 3. The maximum Gasteiger partial charge on any atom is 0.266 e. The average molecular weight is 511 g/mol. The minimum absolute atomic E-state index is 0.000173. The van der Waals surface area contributed by atoms with Crippen molar-refractivity contribution in [2.24, 2.45) is 0 Å². The second-order valence-electron chi connectivity index (χ2n) is 10.1. The van der Waals surface area contributed by atoms with Crippen LogP contribution in [0.1, 0.15) is 36.8 Å². The van der Waals surface area contributed by atoms with Crippen LogP contribution in [0.5, 0.6) is 5.75 Å². The summed E-state index contributed by atoms with van der Waals surface area (Å²) >= 11 is 0. The van der Waals surface area contributed by atoms with Crippen molar-refractivity contribution in [3.05, 3.63) is 100 Å². The fourth-order valence-electron chi connectivity index (χ4n) is 5.34. The number of para-hydroxylation sites is 2. The molecule has 0 spiro atoms. The zero-order valence-corrected chi connectivity index (χ0v) is 22.4. The number of aryl methyl sites for hydroxylation is 2. The largest absolute Gasteiger partial charge is 0.484 e. The van der Waals surface area contributed by atoms with E-state index in [2.05, 4.69) is 31.7 Å². The number of carbonyl (C=O) groups excluding carboxylic acids is 1. The number of aromatic nitrogens is 2. The van der Waals surface area contributed by atoms with E-state index in [1.807, 2.05) is 78.6 Å². The quantitative estimate of drug-likeness (QED) is 0.377. The van der Waals surface area contributed by atoms with E-state index in [-0.39, 0.29) is 30.2 Å². The summed E-state index contributed by atoms with van der Waals surface area (Å²) in [5.41, 5.74) is 3.65. The fourth-order valence-corrected chi connectivity index (χ4v) is 5.34. The molecular weight excluding hydrogens is 476 g/mol. The Bertz CT molecular complexity index is 1520. The Labute approximate surface area is 223 Å². The molecule has 1 aromatic heterocycles. The van der Waals surface area contributed by atoms with E-state index in [4.69, 9.17) is 9.72 Å². The smallest absolute Gasteiger partial charge is 0.266 e. The number of carbonyl (C=O) groups is 1. The van der Waals surface area contributed by atoms with Gasteiger partial charge in [-0.3, -0.25) is 19.1 Å². The van der Waals surface area contributed by atoms with Crippen LogP contribution in [0.15, 0.2) is 77.6 Å². The van der Waals surface area contributed by atoms with Crippen LogP contribution in [0.25, 0.3) is 16.6 Å². The van der Waals surface area contributed by atoms with Crippen LogP contribution in [-0.4, -0.2) is 57.5 Å². The molecule has 2 unspecified atom stereocenters. The molecule has 1 amide bonds. The van der Waals surface area contributed by atoms with E-state index in [1.54, 1.807) is 4.57 Å². The SMILES string of the molecule is Cc1ccc(-n2c(C(C)N3CCN(C(=O)COc4ccccc4)C(C)C3)nc3ccccc3c2=O)c(C)c1. The first-order valence-electron chi connectivity index (χ1n) is 13.1. The molecule has 7 heteroatoms. The fraction of sp³-hybridized carbons (Fsp3) is 0.323. The van der Waals surface area contributed by atoms with Crippen LogP contribution in [0.2, 0.25) is 0 Å². The average Bonchev–Trinajstić information content (AvgIpc) is 2.92. The van der Waals surface area contributed by atoms with Crippen LogP contribution < -0.4 is 10.3 Å². The summed E-state index contributed by atoms with van der Waals surface area (Å²) in [6.07, 6.45) is 0. The predicted molar refractivity (Wildman–Crippen MR) is 150 cm³/mol. The van der Waals surface area contributed by atoms with E-state index in [9.17, 15) is 9.59 Å². The number of nitrogens with zero attached hydrogens (tertiary/aromatic N) is 4. The molecule has 0 aliphatic carbocycles. The summed E-state index contributed by atoms with van der Waals surface area (Å²) in [4.78, 5) is 36.0. The van der Waals surface area contributed by atoms with Gasteiger partial charge in [0.05, 0.1) is 22.6 Å². The summed E-state index contributed by atoms with van der Waals surface area (Å²) in [5, 5.41) is 0.602. The van der Waals surface area contributed by atoms with Crippen LogP contribution in [-0.2, 0) is 4.79 Å². The van der Waals surface area contributed by atoms with Gasteiger partial charge < -0.3 is 9.64 Å². The Morgan fingerprint density at radius 2 is 1.76 bits per heavy atom. The van der Waals surface area contributed by atoms with Crippen molar-refractivity contribution < 1.29 is 9.53 Å². The zero-order chi connectivity index (χ0) is 26.8. The molecule has 1 fully saturated rings. The molecule has 196 valence electrons. The number of hydrogen-bond acceptors (Lipinski definition) is 5. The molecule has 1 saturated heterocycles. The lowest BCUT2D eigenvalue weighted by molar-refractivity contribution is -0.138. The monoisotopic (exact) mass is 510 g/mol. The van der Waals surface area contributed by atoms with Gasteiger partial charge in [-0.15, -0.1) is 0 Å². The summed E-state index contributed by atoms with van der Waals surface area (Å²) in [6, 6.07) is 22.9. The molecule has 0 radical (unpaired) electrons. The Hall–Kier alpha value is -3.97. The van der Waals surface area contributed by atoms with Crippen LogP contribution in [0.3, 0.4) is 0 Å². The van der Waals surface area contributed by atoms with Gasteiger partial charge in [0, 0.05) is 25.7 Å². The molecule has 2 heterocycles. The van der Waals surface area contributed by atoms with Gasteiger partial charge in [-0.25, -0.2) is 4.98 Å². The van der Waals surface area contributed by atoms with Gasteiger partial charge in [0.2, 0.25) is 0 Å². The van der Waals surface area contributed by atoms with Gasteiger partial charge in [0.15, 0.2) is 6.61 Å². The molecule has 2 atom stereocenters. The molecule has 4 aromatic rings. The van der Waals surface area contributed by atoms with Crippen LogP contribution >= 0.6 is 0 Å². The van der Waals surface area contributed by atoms with Crippen molar-refractivity contribution in [2.45, 2.75) is 39.8 Å². The van der Waals surface area contributed by atoms with Crippen molar-refractivity contribution in [2.75, 3.05) is 26.2 Å². The highest BCUT2D eigenvalue weighted by atomic mass is 16.5. The van der Waals surface area contributed by atoms with Gasteiger partial charge in [0.1, 0.15) is 11.6 Å². The van der Waals surface area contributed by atoms with Crippen molar-refractivity contribution in [3.63, 3.8) is 0 Å². The first-order valence-corrected chi connectivity index (χ1v) is 13.1. The molecule has 0 saturated carbocycles. The highest BCUT2D eigenvalue weighted by molar-refractivity contribution is 5.79. The Morgan fingerprint density at radius 3 is 2.50 bits per heavy atom. The van der Waals surface area contributed by atoms with E-state index < -0.39 is 0 Å². The first-order chi connectivity index (χ1) is 18.3. The number of ether oxygens (including phenoxy) is 1. The normalized spacial score (nSPS) is 16.9. The van der Waals surface area contributed by atoms with Crippen LogP contribution in [0, 0.1) is 13.8 Å². The Morgan fingerprint density at radius 1 is 1.03 bits per heavy atom. The first kappa shape index (κ1) is 25.7. The van der Waals surface area contributed by atoms with E-state index >= 15 is 0 Å². The van der Waals surface area contributed by atoms with Crippen molar-refractivity contribution in [1.82, 2.24) is 19.4 Å². The summed E-state index contributed by atoms with van der Waals surface area (Å²) in [5.74, 6) is 1.37. The summed E-state index contributed by atoms with van der Waals surface area (Å²) < 4.78 is 7.47. The van der Waals surface area contributed by atoms with Gasteiger partial charge in [0.25, 0.3) is 11.5 Å². The van der Waals surface area contributed by atoms with E-state index in [1.165, 1.54) is 0 Å². The maximum atomic E-state index is 13.8. The van der Waals surface area contributed by atoms with Gasteiger partial charge in [-0.05, 0) is 63.6 Å². The number of rotatable bonds is 6. The lowest BCUT2D eigenvalue weighted by atomic mass is 10.1. The molecule has 1 aliphatic rings. The third-order valence-corrected chi connectivity index (χ3v) is 7.40. The van der Waals surface area contributed by atoms with E-state index in [0.29, 0.717) is 42.1 Å². The lowest BCUT2D eigenvalue weighted by Crippen LogP contribution is -2.55. The standard InChI is InChI=1S/C31H34N4O3/c1-21-14-15-28(22(2)18-21)35-30(32-27-13-9-8-12-26(27)31(35)37)24(4)33-16-17-34(23(3)19-33)29(36)20-38-25-10-6-5-7-11-25/h5-15,18,23-24H,16-17,19-20H2,1-4H3. The predicted octanol–water partition coefficient (Wildman–Crippen LogP) is 4.68. The molecule has 1 aliphatic heterocycles. The maximum absolute atomic E-state index is 13.8. The van der Waals surface area contributed by atoms with Crippen molar-refractivity contribution in [3.8, 4) is 11.4 Å². The van der Waals surface area contributed by atoms with Crippen molar-refractivity contribution >= 4 is 16.8 Å². The molecule has 7 nitrogen and oxygen atoms in total. The second-order valence-corrected chi connectivity index (χ2v) is 10.1. The highest BCUT2D eigenvalue weighted by Gasteiger charge is 2.32. The number of hydrogen-bond donors (Lipinski definition) is 0. The molecular formula is C31H34N4O3. The molecule has 3 aromatic carbocycles. The zero-order valence-electron chi connectivity index (χ0n) is 22.4. The van der Waals surface area contributed by atoms with Gasteiger partial charge >= 0.3 is 0 Å². The Balaban J connectivity index is 1.41. The molecule has 38 heavy (non-hydrogen) atoms. The van der Waals surface area contributed by atoms with Crippen LogP contribution in [0.4, 0.5) is 0 Å². The Kier molecular flexibility index (Phi) is 7.29. The third kappa shape index (κ3) is 5.07. The topological polar surface area (TPSA) is 67.7 Å². The summed E-state index contributed by atoms with van der Waals surface area (Å²) in [6.45, 7) is 10.2. The number of piperazine rings is 1. The second kappa shape index (κ2) is 10.8. The third-order valence-electron chi connectivity index (χ3n) is 7.40. The minimum Gasteiger partial charge on any atom is -0.484 e. The van der Waals surface area contributed by atoms with Crippen molar-refractivity contribution in [1.29, 1.82) is 0 Å². The number of amides is 1. The highest BCUT2D eigenvalue weighted by Crippen LogP contribution is 2.27. The minimum atomic E-state index is -0.131. The number of fused-ring (bicyclic) bond motifs is 1. The van der Waals surface area contributed by atoms with Gasteiger partial charge in [-0.1, -0.05) is 48.0 Å². The molecule has 0 bridgehead atoms. The summed E-state index contributed by atoms with van der Waals surface area (Å²) in [7, 11) is 0. The lowest BCUT2D eigenvalue weighted by Gasteiger charge is -2.42.